The third-order valence-electron chi connectivity index (χ3n) is 1.66. The van der Waals surface area contributed by atoms with Crippen LogP contribution in [0.15, 0.2) is 9.98 Å². The SMILES string of the molecule is C=Nc1sc(C(=O)OCC)c(N)c1N=C. The molecule has 0 aliphatic heterocycles. The standard InChI is InChI=1S/C9H11N3O2S/c1-4-14-9(13)7-5(10)6(11-2)8(12-3)15-7/h2-4,10H2,1H3. The summed E-state index contributed by atoms with van der Waals surface area (Å²) in [4.78, 5) is 19.2. The van der Waals surface area contributed by atoms with Gasteiger partial charge < -0.3 is 10.5 Å². The first kappa shape index (κ1) is 11.4. The highest BCUT2D eigenvalue weighted by atomic mass is 32.1. The molecule has 0 unspecified atom stereocenters. The maximum absolute atomic E-state index is 11.4. The highest BCUT2D eigenvalue weighted by Gasteiger charge is 2.20. The number of nitrogens with zero attached hydrogens (tertiary/aromatic N) is 2. The number of hydrogen-bond donors (Lipinski definition) is 1. The van der Waals surface area contributed by atoms with Crippen LogP contribution in [0, 0.1) is 0 Å². The fourth-order valence-corrected chi connectivity index (χ4v) is 1.91. The third kappa shape index (κ3) is 2.04. The molecule has 1 aromatic rings. The lowest BCUT2D eigenvalue weighted by Gasteiger charge is -1.99. The minimum atomic E-state index is -0.472. The van der Waals surface area contributed by atoms with Crippen LogP contribution in [0.3, 0.4) is 0 Å². The van der Waals surface area contributed by atoms with E-state index in [0.717, 1.165) is 11.3 Å². The van der Waals surface area contributed by atoms with E-state index in [-0.39, 0.29) is 5.69 Å². The molecule has 0 amide bonds. The van der Waals surface area contributed by atoms with Gasteiger partial charge in [-0.15, -0.1) is 11.3 Å². The van der Waals surface area contributed by atoms with Gasteiger partial charge in [0.05, 0.1) is 12.3 Å². The summed E-state index contributed by atoms with van der Waals surface area (Å²) in [7, 11) is 0. The van der Waals surface area contributed by atoms with Crippen molar-refractivity contribution in [3.05, 3.63) is 4.88 Å². The molecule has 0 saturated carbocycles. The first-order valence-corrected chi connectivity index (χ1v) is 5.00. The monoisotopic (exact) mass is 225 g/mol. The molecule has 5 nitrogen and oxygen atoms in total. The predicted octanol–water partition coefficient (Wildman–Crippen LogP) is 2.17. The molecule has 1 rings (SSSR count). The Morgan fingerprint density at radius 2 is 2.20 bits per heavy atom. The maximum Gasteiger partial charge on any atom is 0.350 e. The molecular formula is C9H11N3O2S. The van der Waals surface area contributed by atoms with Crippen LogP contribution in [-0.2, 0) is 4.74 Å². The number of esters is 1. The molecule has 0 spiro atoms. The van der Waals surface area contributed by atoms with Gasteiger partial charge in [0.25, 0.3) is 0 Å². The Kier molecular flexibility index (Phi) is 3.56. The van der Waals surface area contributed by atoms with Gasteiger partial charge >= 0.3 is 5.97 Å². The van der Waals surface area contributed by atoms with Crippen LogP contribution < -0.4 is 5.73 Å². The van der Waals surface area contributed by atoms with Crippen LogP contribution in [0.4, 0.5) is 16.4 Å². The molecule has 0 aliphatic carbocycles. The van der Waals surface area contributed by atoms with Crippen LogP contribution in [0.25, 0.3) is 0 Å². The van der Waals surface area contributed by atoms with E-state index >= 15 is 0 Å². The quantitative estimate of drug-likeness (QED) is 0.630. The number of hydrogen-bond acceptors (Lipinski definition) is 6. The normalized spacial score (nSPS) is 9.67. The first-order valence-electron chi connectivity index (χ1n) is 4.18. The number of ether oxygens (including phenoxy) is 1. The molecular weight excluding hydrogens is 214 g/mol. The van der Waals surface area contributed by atoms with Crippen molar-refractivity contribution in [3.8, 4) is 0 Å². The Labute approximate surface area is 91.3 Å². The van der Waals surface area contributed by atoms with Crippen LogP contribution in [0.1, 0.15) is 16.6 Å². The number of rotatable bonds is 4. The van der Waals surface area contributed by atoms with Gasteiger partial charge in [0.2, 0.25) is 0 Å². The van der Waals surface area contributed by atoms with E-state index < -0.39 is 5.97 Å². The number of carbonyl (C=O) groups excluding carboxylic acids is 1. The second-order valence-corrected chi connectivity index (χ2v) is 3.53. The Bertz CT molecular complexity index is 412. The molecule has 1 heterocycles. The van der Waals surface area contributed by atoms with Crippen LogP contribution in [0.5, 0.6) is 0 Å². The third-order valence-corrected chi connectivity index (χ3v) is 2.77. The first-order chi connectivity index (χ1) is 7.15. The fraction of sp³-hybridized carbons (Fsp3) is 0.222. The van der Waals surface area contributed by atoms with Crippen LogP contribution in [-0.4, -0.2) is 26.0 Å². The second kappa shape index (κ2) is 4.70. The summed E-state index contributed by atoms with van der Waals surface area (Å²) < 4.78 is 4.83. The minimum absolute atomic E-state index is 0.246. The molecule has 0 aromatic carbocycles. The Morgan fingerprint density at radius 3 is 2.60 bits per heavy atom. The lowest BCUT2D eigenvalue weighted by Crippen LogP contribution is -2.04. The Hall–Kier alpha value is -1.69. The predicted molar refractivity (Wildman–Crippen MR) is 63.1 cm³/mol. The topological polar surface area (TPSA) is 77.0 Å². The van der Waals surface area contributed by atoms with Gasteiger partial charge in [-0.05, 0) is 20.4 Å². The number of thiophene rings is 1. The van der Waals surface area contributed by atoms with Crippen molar-refractivity contribution in [2.45, 2.75) is 6.92 Å². The van der Waals surface area contributed by atoms with Gasteiger partial charge in [-0.1, -0.05) is 0 Å². The van der Waals surface area contributed by atoms with Gasteiger partial charge in [0.15, 0.2) is 0 Å². The van der Waals surface area contributed by atoms with E-state index in [1.54, 1.807) is 6.92 Å². The molecule has 0 radical (unpaired) electrons. The number of carbonyl (C=O) groups is 1. The molecule has 1 aromatic heterocycles. The molecule has 6 heteroatoms. The van der Waals surface area contributed by atoms with Crippen molar-refractivity contribution in [2.75, 3.05) is 12.3 Å². The van der Waals surface area contributed by atoms with Crippen molar-refractivity contribution in [3.63, 3.8) is 0 Å². The second-order valence-electron chi connectivity index (χ2n) is 2.54. The molecule has 0 fully saturated rings. The average Bonchev–Trinajstić information content (AvgIpc) is 2.55. The Balaban J connectivity index is 3.20. The van der Waals surface area contributed by atoms with Gasteiger partial charge in [-0.3, -0.25) is 9.98 Å². The summed E-state index contributed by atoms with van der Waals surface area (Å²) in [5.41, 5.74) is 6.34. The summed E-state index contributed by atoms with van der Waals surface area (Å²) >= 11 is 1.10. The largest absolute Gasteiger partial charge is 0.462 e. The molecule has 0 aliphatic rings. The number of nitrogens with two attached hydrogens (primary N) is 1. The van der Waals surface area contributed by atoms with E-state index in [4.69, 9.17) is 10.5 Å². The zero-order valence-corrected chi connectivity index (χ0v) is 9.13. The Morgan fingerprint density at radius 1 is 1.53 bits per heavy atom. The highest BCUT2D eigenvalue weighted by molar-refractivity contribution is 7.19. The molecule has 0 bridgehead atoms. The van der Waals surface area contributed by atoms with E-state index in [0.29, 0.717) is 22.2 Å². The van der Waals surface area contributed by atoms with Crippen molar-refractivity contribution in [1.82, 2.24) is 0 Å². The summed E-state index contributed by atoms with van der Waals surface area (Å²) in [5.74, 6) is -0.472. The van der Waals surface area contributed by atoms with Crippen molar-refractivity contribution in [1.29, 1.82) is 0 Å². The van der Waals surface area contributed by atoms with E-state index in [9.17, 15) is 4.79 Å². The van der Waals surface area contributed by atoms with Crippen molar-refractivity contribution in [2.24, 2.45) is 9.98 Å². The molecule has 15 heavy (non-hydrogen) atoms. The van der Waals surface area contributed by atoms with Crippen molar-refractivity contribution >= 4 is 47.1 Å². The molecule has 2 N–H and O–H groups in total. The summed E-state index contributed by atoms with van der Waals surface area (Å²) in [6, 6.07) is 0. The average molecular weight is 225 g/mol. The van der Waals surface area contributed by atoms with E-state index in [2.05, 4.69) is 23.4 Å². The molecule has 0 saturated heterocycles. The summed E-state index contributed by atoms with van der Waals surface area (Å²) in [6.45, 7) is 8.74. The zero-order valence-electron chi connectivity index (χ0n) is 8.32. The van der Waals surface area contributed by atoms with E-state index in [1.165, 1.54) is 0 Å². The summed E-state index contributed by atoms with van der Waals surface area (Å²) in [5, 5.41) is 0.477. The maximum atomic E-state index is 11.4. The van der Waals surface area contributed by atoms with Gasteiger partial charge in [0, 0.05) is 0 Å². The minimum Gasteiger partial charge on any atom is -0.462 e. The summed E-state index contributed by atoms with van der Waals surface area (Å²) in [6.07, 6.45) is 0. The number of aliphatic imine (C=N–C) groups is 2. The number of anilines is 1. The smallest absolute Gasteiger partial charge is 0.350 e. The van der Waals surface area contributed by atoms with E-state index in [1.807, 2.05) is 0 Å². The lowest BCUT2D eigenvalue weighted by atomic mass is 10.3. The highest BCUT2D eigenvalue weighted by Crippen LogP contribution is 2.44. The van der Waals surface area contributed by atoms with Crippen LogP contribution >= 0.6 is 11.3 Å². The lowest BCUT2D eigenvalue weighted by molar-refractivity contribution is 0.0533. The number of nitrogen functional groups attached to an aromatic ring is 1. The molecule has 80 valence electrons. The molecule has 0 atom stereocenters. The van der Waals surface area contributed by atoms with Gasteiger partial charge in [-0.25, -0.2) is 4.79 Å². The van der Waals surface area contributed by atoms with Gasteiger partial charge in [-0.2, -0.15) is 0 Å². The van der Waals surface area contributed by atoms with Crippen LogP contribution in [0.2, 0.25) is 0 Å². The fourth-order valence-electron chi connectivity index (χ4n) is 1.03. The van der Waals surface area contributed by atoms with Crippen molar-refractivity contribution < 1.29 is 9.53 Å². The zero-order chi connectivity index (χ0) is 11.4. The van der Waals surface area contributed by atoms with Gasteiger partial charge in [0.1, 0.15) is 15.6 Å².